The van der Waals surface area contributed by atoms with Gasteiger partial charge in [-0.25, -0.2) is 9.18 Å². The molecule has 0 unspecified atom stereocenters. The zero-order chi connectivity index (χ0) is 15.4. The minimum atomic E-state index is -1.23. The van der Waals surface area contributed by atoms with Crippen molar-refractivity contribution in [1.82, 2.24) is 0 Å². The van der Waals surface area contributed by atoms with Crippen LogP contribution in [0.15, 0.2) is 42.5 Å². The van der Waals surface area contributed by atoms with Gasteiger partial charge in [-0.05, 0) is 36.2 Å². The average molecular weight is 287 g/mol. The summed E-state index contributed by atoms with van der Waals surface area (Å²) >= 11 is 0. The number of aryl methyl sites for hydroxylation is 1. The summed E-state index contributed by atoms with van der Waals surface area (Å²) in [7, 11) is 0. The molecule has 0 heterocycles. The lowest BCUT2D eigenvalue weighted by Gasteiger charge is -2.11. The molecular weight excluding hydrogens is 273 g/mol. The Morgan fingerprint density at radius 3 is 2.52 bits per heavy atom. The fourth-order valence-corrected chi connectivity index (χ4v) is 2.05. The molecule has 0 aliphatic carbocycles. The number of benzene rings is 2. The summed E-state index contributed by atoms with van der Waals surface area (Å²) in [5, 5.41) is 11.5. The maximum absolute atomic E-state index is 13.3. The Hall–Kier alpha value is -2.69. The van der Waals surface area contributed by atoms with Crippen LogP contribution in [0.1, 0.15) is 33.2 Å². The predicted molar refractivity (Wildman–Crippen MR) is 77.1 cm³/mol. The second kappa shape index (κ2) is 6.17. The first-order chi connectivity index (χ1) is 10.0. The molecule has 2 rings (SSSR count). The average Bonchev–Trinajstić information content (AvgIpc) is 2.46. The number of rotatable bonds is 4. The highest BCUT2D eigenvalue weighted by Gasteiger charge is 2.15. The van der Waals surface area contributed by atoms with Crippen LogP contribution in [-0.4, -0.2) is 17.0 Å². The smallest absolute Gasteiger partial charge is 0.337 e. The third kappa shape index (κ3) is 3.25. The normalized spacial score (nSPS) is 10.2. The molecule has 2 aromatic rings. The first-order valence-corrected chi connectivity index (χ1v) is 6.45. The van der Waals surface area contributed by atoms with E-state index >= 15 is 0 Å². The predicted octanol–water partition coefficient (Wildman–Crippen LogP) is 3.34. The van der Waals surface area contributed by atoms with Gasteiger partial charge in [0.2, 0.25) is 0 Å². The molecule has 5 heteroatoms. The minimum Gasteiger partial charge on any atom is -0.478 e. The molecule has 0 aromatic heterocycles. The SMILES string of the molecule is CCc1ccccc1C(=O)Nc1cc(F)ccc1C(=O)O. The fourth-order valence-electron chi connectivity index (χ4n) is 2.05. The molecule has 108 valence electrons. The Bertz CT molecular complexity index is 698. The van der Waals surface area contributed by atoms with E-state index in [9.17, 15) is 14.0 Å². The van der Waals surface area contributed by atoms with Crippen LogP contribution in [0.5, 0.6) is 0 Å². The zero-order valence-corrected chi connectivity index (χ0v) is 11.4. The van der Waals surface area contributed by atoms with E-state index in [0.29, 0.717) is 12.0 Å². The van der Waals surface area contributed by atoms with E-state index < -0.39 is 17.7 Å². The van der Waals surface area contributed by atoms with E-state index in [-0.39, 0.29) is 11.3 Å². The van der Waals surface area contributed by atoms with Crippen LogP contribution in [-0.2, 0) is 6.42 Å². The molecule has 0 fully saturated rings. The molecule has 21 heavy (non-hydrogen) atoms. The number of carboxylic acid groups (broad SMARTS) is 1. The Balaban J connectivity index is 2.36. The molecule has 0 saturated heterocycles. The van der Waals surface area contributed by atoms with Crippen LogP contribution in [0, 0.1) is 5.82 Å². The topological polar surface area (TPSA) is 66.4 Å². The molecule has 0 aliphatic rings. The van der Waals surface area contributed by atoms with Gasteiger partial charge in [0.15, 0.2) is 0 Å². The standard InChI is InChI=1S/C16H14FNO3/c1-2-10-5-3-4-6-12(10)15(19)18-14-9-11(17)7-8-13(14)16(20)21/h3-9H,2H2,1H3,(H,18,19)(H,20,21). The molecule has 0 bridgehead atoms. The van der Waals surface area contributed by atoms with Crippen molar-refractivity contribution in [1.29, 1.82) is 0 Å². The second-order valence-corrected chi connectivity index (χ2v) is 4.46. The number of nitrogens with one attached hydrogen (secondary N) is 1. The van der Waals surface area contributed by atoms with E-state index in [1.165, 1.54) is 0 Å². The summed E-state index contributed by atoms with van der Waals surface area (Å²) in [6.07, 6.45) is 0.665. The highest BCUT2D eigenvalue weighted by Crippen LogP contribution is 2.19. The van der Waals surface area contributed by atoms with Gasteiger partial charge in [-0.2, -0.15) is 0 Å². The molecule has 0 atom stereocenters. The van der Waals surface area contributed by atoms with Crippen molar-refractivity contribution < 1.29 is 19.1 Å². The van der Waals surface area contributed by atoms with Gasteiger partial charge in [0, 0.05) is 5.56 Å². The van der Waals surface area contributed by atoms with Gasteiger partial charge >= 0.3 is 5.97 Å². The van der Waals surface area contributed by atoms with Crippen LogP contribution in [0.2, 0.25) is 0 Å². The van der Waals surface area contributed by atoms with E-state index in [4.69, 9.17) is 5.11 Å². The molecule has 1 amide bonds. The first-order valence-electron chi connectivity index (χ1n) is 6.45. The molecule has 2 N–H and O–H groups in total. The molecule has 2 aromatic carbocycles. The lowest BCUT2D eigenvalue weighted by atomic mass is 10.0. The van der Waals surface area contributed by atoms with Crippen molar-refractivity contribution in [3.05, 3.63) is 65.0 Å². The number of carbonyl (C=O) groups is 2. The van der Waals surface area contributed by atoms with Gasteiger partial charge in [-0.15, -0.1) is 0 Å². The third-order valence-corrected chi connectivity index (χ3v) is 3.10. The monoisotopic (exact) mass is 287 g/mol. The van der Waals surface area contributed by atoms with Gasteiger partial charge < -0.3 is 10.4 Å². The molecule has 0 radical (unpaired) electrons. The van der Waals surface area contributed by atoms with Crippen molar-refractivity contribution in [2.24, 2.45) is 0 Å². The fraction of sp³-hybridized carbons (Fsp3) is 0.125. The number of aromatic carboxylic acids is 1. The Kier molecular flexibility index (Phi) is 4.33. The summed E-state index contributed by atoms with van der Waals surface area (Å²) in [4.78, 5) is 23.4. The van der Waals surface area contributed by atoms with Crippen molar-refractivity contribution >= 4 is 17.6 Å². The third-order valence-electron chi connectivity index (χ3n) is 3.10. The number of carboxylic acids is 1. The van der Waals surface area contributed by atoms with Crippen LogP contribution in [0.3, 0.4) is 0 Å². The molecule has 0 aliphatic heterocycles. The van der Waals surface area contributed by atoms with Crippen molar-refractivity contribution in [2.45, 2.75) is 13.3 Å². The quantitative estimate of drug-likeness (QED) is 0.906. The molecule has 4 nitrogen and oxygen atoms in total. The van der Waals surface area contributed by atoms with Crippen LogP contribution in [0.4, 0.5) is 10.1 Å². The van der Waals surface area contributed by atoms with Gasteiger partial charge in [0.25, 0.3) is 5.91 Å². The van der Waals surface area contributed by atoms with Gasteiger partial charge in [-0.1, -0.05) is 25.1 Å². The highest BCUT2D eigenvalue weighted by molar-refractivity contribution is 6.08. The number of amides is 1. The Morgan fingerprint density at radius 2 is 1.86 bits per heavy atom. The number of hydrogen-bond acceptors (Lipinski definition) is 2. The van der Waals surface area contributed by atoms with Crippen LogP contribution < -0.4 is 5.32 Å². The van der Waals surface area contributed by atoms with Gasteiger partial charge in [0.1, 0.15) is 5.82 Å². The summed E-state index contributed by atoms with van der Waals surface area (Å²) in [6, 6.07) is 10.2. The van der Waals surface area contributed by atoms with Crippen molar-refractivity contribution in [3.8, 4) is 0 Å². The van der Waals surface area contributed by atoms with Crippen LogP contribution >= 0.6 is 0 Å². The zero-order valence-electron chi connectivity index (χ0n) is 11.4. The molecular formula is C16H14FNO3. The van der Waals surface area contributed by atoms with E-state index in [1.807, 2.05) is 19.1 Å². The van der Waals surface area contributed by atoms with Crippen LogP contribution in [0.25, 0.3) is 0 Å². The molecule has 0 spiro atoms. The van der Waals surface area contributed by atoms with Crippen molar-refractivity contribution in [3.63, 3.8) is 0 Å². The van der Waals surface area contributed by atoms with E-state index in [1.54, 1.807) is 12.1 Å². The van der Waals surface area contributed by atoms with E-state index in [2.05, 4.69) is 5.32 Å². The number of anilines is 1. The van der Waals surface area contributed by atoms with E-state index in [0.717, 1.165) is 23.8 Å². The Morgan fingerprint density at radius 1 is 1.14 bits per heavy atom. The lowest BCUT2D eigenvalue weighted by Crippen LogP contribution is -2.16. The number of carbonyl (C=O) groups excluding carboxylic acids is 1. The number of halogens is 1. The summed E-state index contributed by atoms with van der Waals surface area (Å²) < 4.78 is 13.3. The van der Waals surface area contributed by atoms with Gasteiger partial charge in [-0.3, -0.25) is 4.79 Å². The second-order valence-electron chi connectivity index (χ2n) is 4.46. The Labute approximate surface area is 121 Å². The maximum Gasteiger partial charge on any atom is 0.337 e. The summed E-state index contributed by atoms with van der Waals surface area (Å²) in [5.41, 5.74) is 1.07. The highest BCUT2D eigenvalue weighted by atomic mass is 19.1. The first kappa shape index (κ1) is 14.7. The molecule has 0 saturated carbocycles. The summed E-state index contributed by atoms with van der Waals surface area (Å²) in [5.74, 6) is -2.30. The summed E-state index contributed by atoms with van der Waals surface area (Å²) in [6.45, 7) is 1.91. The number of hydrogen-bond donors (Lipinski definition) is 2. The van der Waals surface area contributed by atoms with Gasteiger partial charge in [0.05, 0.1) is 11.3 Å². The lowest BCUT2D eigenvalue weighted by molar-refractivity contribution is 0.0698. The largest absolute Gasteiger partial charge is 0.478 e. The minimum absolute atomic E-state index is 0.0570. The van der Waals surface area contributed by atoms with Crippen molar-refractivity contribution in [2.75, 3.05) is 5.32 Å². The maximum atomic E-state index is 13.3.